The molecule has 2 saturated heterocycles. The number of hydrogen-bond donors (Lipinski definition) is 0. The average molecular weight is 444 g/mol. The van der Waals surface area contributed by atoms with Gasteiger partial charge in [0.15, 0.2) is 0 Å². The first-order valence-electron chi connectivity index (χ1n) is 11.3. The Kier molecular flexibility index (Phi) is 7.09. The van der Waals surface area contributed by atoms with Crippen molar-refractivity contribution in [1.82, 2.24) is 34.9 Å². The fourth-order valence-electron chi connectivity index (χ4n) is 4.51. The van der Waals surface area contributed by atoms with E-state index in [4.69, 9.17) is 0 Å². The van der Waals surface area contributed by atoms with Gasteiger partial charge in [0.05, 0.1) is 6.54 Å². The number of carbonyl (C=O) groups is 2. The number of nitrogens with zero attached hydrogens (tertiary/aromatic N) is 7. The Balaban J connectivity index is 1.43. The quantitative estimate of drug-likeness (QED) is 0.664. The van der Waals surface area contributed by atoms with Gasteiger partial charge >= 0.3 is 0 Å². The fourth-order valence-corrected chi connectivity index (χ4v) is 4.51. The van der Waals surface area contributed by atoms with E-state index in [2.05, 4.69) is 20.4 Å². The van der Waals surface area contributed by atoms with E-state index in [0.29, 0.717) is 44.0 Å². The number of hydrogen-bond acceptors (Lipinski definition) is 6. The fraction of sp³-hybridized carbons (Fsp3) is 0.591. The molecule has 1 aromatic heterocycles. The van der Waals surface area contributed by atoms with E-state index in [1.807, 2.05) is 9.80 Å². The van der Waals surface area contributed by atoms with E-state index >= 15 is 0 Å². The Morgan fingerprint density at radius 2 is 1.81 bits per heavy atom. The predicted molar refractivity (Wildman–Crippen MR) is 115 cm³/mol. The number of tetrazole rings is 1. The van der Waals surface area contributed by atoms with Gasteiger partial charge < -0.3 is 9.80 Å². The van der Waals surface area contributed by atoms with E-state index < -0.39 is 6.04 Å². The highest BCUT2D eigenvalue weighted by Crippen LogP contribution is 2.20. The van der Waals surface area contributed by atoms with Crippen molar-refractivity contribution in [3.8, 4) is 0 Å². The molecule has 2 aliphatic rings. The lowest BCUT2D eigenvalue weighted by Gasteiger charge is -2.27. The van der Waals surface area contributed by atoms with E-state index in [-0.39, 0.29) is 17.6 Å². The molecule has 10 heteroatoms. The molecule has 2 aromatic rings. The highest BCUT2D eigenvalue weighted by Gasteiger charge is 2.30. The van der Waals surface area contributed by atoms with Crippen LogP contribution in [0.5, 0.6) is 0 Å². The summed E-state index contributed by atoms with van der Waals surface area (Å²) in [4.78, 5) is 32.0. The van der Waals surface area contributed by atoms with Crippen LogP contribution in [0.15, 0.2) is 24.3 Å². The van der Waals surface area contributed by atoms with Crippen LogP contribution in [0, 0.1) is 12.7 Å². The number of carbonyl (C=O) groups excluding carboxylic acids is 2. The lowest BCUT2D eigenvalue weighted by Crippen LogP contribution is -2.43. The van der Waals surface area contributed by atoms with Crippen molar-refractivity contribution in [2.75, 3.05) is 45.8 Å². The molecule has 32 heavy (non-hydrogen) atoms. The van der Waals surface area contributed by atoms with Crippen molar-refractivity contribution in [2.45, 2.75) is 38.6 Å². The zero-order valence-corrected chi connectivity index (χ0v) is 18.5. The molecule has 1 unspecified atom stereocenters. The van der Waals surface area contributed by atoms with Crippen molar-refractivity contribution in [2.24, 2.45) is 0 Å². The summed E-state index contributed by atoms with van der Waals surface area (Å²) in [6.07, 6.45) is 3.25. The van der Waals surface area contributed by atoms with Crippen LogP contribution in [0.3, 0.4) is 0 Å². The molecule has 2 amide bonds. The minimum atomic E-state index is -0.649. The van der Waals surface area contributed by atoms with Gasteiger partial charge in [-0.05, 0) is 54.3 Å². The maximum Gasteiger partial charge on any atom is 0.247 e. The van der Waals surface area contributed by atoms with Gasteiger partial charge in [-0.1, -0.05) is 12.1 Å². The molecule has 2 fully saturated rings. The molecule has 9 nitrogen and oxygen atoms in total. The molecular weight excluding hydrogens is 413 g/mol. The Morgan fingerprint density at radius 1 is 1.03 bits per heavy atom. The molecule has 2 aliphatic heterocycles. The third-order valence-corrected chi connectivity index (χ3v) is 6.27. The molecule has 0 N–H and O–H groups in total. The van der Waals surface area contributed by atoms with Gasteiger partial charge in [-0.25, -0.2) is 9.07 Å². The van der Waals surface area contributed by atoms with Crippen LogP contribution in [0.4, 0.5) is 4.39 Å². The third-order valence-electron chi connectivity index (χ3n) is 6.27. The molecule has 0 radical (unpaired) electrons. The van der Waals surface area contributed by atoms with Gasteiger partial charge in [0, 0.05) is 45.7 Å². The van der Waals surface area contributed by atoms with Crippen LogP contribution in [-0.4, -0.2) is 92.5 Å². The normalized spacial score (nSPS) is 18.6. The molecule has 1 atom stereocenters. The number of benzene rings is 1. The third kappa shape index (κ3) is 5.29. The number of amides is 2. The second-order valence-corrected chi connectivity index (χ2v) is 8.56. The van der Waals surface area contributed by atoms with Gasteiger partial charge in [0.1, 0.15) is 17.7 Å². The number of likely N-dealkylation sites (tertiary alicyclic amines) is 1. The second-order valence-electron chi connectivity index (χ2n) is 8.56. The lowest BCUT2D eigenvalue weighted by atomic mass is 10.0. The first-order chi connectivity index (χ1) is 15.5. The van der Waals surface area contributed by atoms with Gasteiger partial charge in [0.2, 0.25) is 11.8 Å². The van der Waals surface area contributed by atoms with Crippen LogP contribution in [0.25, 0.3) is 0 Å². The van der Waals surface area contributed by atoms with E-state index in [0.717, 1.165) is 38.9 Å². The molecule has 0 bridgehead atoms. The topological polar surface area (TPSA) is 87.5 Å². The first-order valence-corrected chi connectivity index (χ1v) is 11.3. The summed E-state index contributed by atoms with van der Waals surface area (Å²) in [6.45, 7) is 6.42. The minimum absolute atomic E-state index is 0.0858. The molecule has 4 rings (SSSR count). The SMILES string of the molecule is Cc1nnnn1C(Cc1cccc(F)c1)C(=O)N1CCCN(CC(=O)N2CCCC2)CC1. The molecule has 0 saturated carbocycles. The maximum atomic E-state index is 13.7. The number of rotatable bonds is 6. The van der Waals surface area contributed by atoms with Gasteiger partial charge in [-0.3, -0.25) is 14.5 Å². The lowest BCUT2D eigenvalue weighted by molar-refractivity contribution is -0.135. The molecular formula is C22H30FN7O2. The average Bonchev–Trinajstić information content (AvgIpc) is 3.40. The zero-order valence-electron chi connectivity index (χ0n) is 18.5. The molecule has 0 spiro atoms. The van der Waals surface area contributed by atoms with Crippen molar-refractivity contribution >= 4 is 11.8 Å². The van der Waals surface area contributed by atoms with E-state index in [9.17, 15) is 14.0 Å². The number of aromatic nitrogens is 4. The van der Waals surface area contributed by atoms with Crippen LogP contribution >= 0.6 is 0 Å². The Bertz CT molecular complexity index is 944. The Labute approximate surface area is 187 Å². The predicted octanol–water partition coefficient (Wildman–Crippen LogP) is 1.06. The van der Waals surface area contributed by atoms with E-state index in [1.165, 1.54) is 16.8 Å². The molecule has 3 heterocycles. The first kappa shape index (κ1) is 22.3. The van der Waals surface area contributed by atoms with Crippen LogP contribution in [0.1, 0.15) is 36.7 Å². The maximum absolute atomic E-state index is 13.7. The molecule has 1 aromatic carbocycles. The second kappa shape index (κ2) is 10.2. The summed E-state index contributed by atoms with van der Waals surface area (Å²) in [6, 6.07) is 5.62. The van der Waals surface area contributed by atoms with E-state index in [1.54, 1.807) is 19.1 Å². The smallest absolute Gasteiger partial charge is 0.247 e. The molecule has 172 valence electrons. The van der Waals surface area contributed by atoms with Crippen molar-refractivity contribution < 1.29 is 14.0 Å². The summed E-state index contributed by atoms with van der Waals surface area (Å²) < 4.78 is 15.2. The van der Waals surface area contributed by atoms with Gasteiger partial charge in [-0.15, -0.1) is 5.10 Å². The number of halogens is 1. The highest BCUT2D eigenvalue weighted by molar-refractivity contribution is 5.81. The van der Waals surface area contributed by atoms with Gasteiger partial charge in [-0.2, -0.15) is 0 Å². The largest absolute Gasteiger partial charge is 0.342 e. The monoisotopic (exact) mass is 443 g/mol. The number of aryl methyl sites for hydroxylation is 1. The molecule has 0 aliphatic carbocycles. The summed E-state index contributed by atoms with van der Waals surface area (Å²) >= 11 is 0. The van der Waals surface area contributed by atoms with Crippen molar-refractivity contribution in [1.29, 1.82) is 0 Å². The summed E-state index contributed by atoms with van der Waals surface area (Å²) in [5.41, 5.74) is 0.714. The van der Waals surface area contributed by atoms with Gasteiger partial charge in [0.25, 0.3) is 0 Å². The summed E-state index contributed by atoms with van der Waals surface area (Å²) in [5.74, 6) is 0.288. The standard InChI is InChI=1S/C22H30FN7O2/c1-17-24-25-26-30(17)20(15-18-6-4-7-19(23)14-18)22(32)29-11-5-8-27(12-13-29)16-21(31)28-9-2-3-10-28/h4,6-7,14,20H,2-3,5,8-13,15-16H2,1H3. The highest BCUT2D eigenvalue weighted by atomic mass is 19.1. The minimum Gasteiger partial charge on any atom is -0.342 e. The zero-order chi connectivity index (χ0) is 22.5. The Hall–Kier alpha value is -2.88. The van der Waals surface area contributed by atoms with Crippen molar-refractivity contribution in [3.05, 3.63) is 41.5 Å². The van der Waals surface area contributed by atoms with Crippen molar-refractivity contribution in [3.63, 3.8) is 0 Å². The van der Waals surface area contributed by atoms with Crippen LogP contribution in [-0.2, 0) is 16.0 Å². The summed E-state index contributed by atoms with van der Waals surface area (Å²) in [7, 11) is 0. The van der Waals surface area contributed by atoms with Crippen LogP contribution < -0.4 is 0 Å². The summed E-state index contributed by atoms with van der Waals surface area (Å²) in [5, 5.41) is 11.7. The van der Waals surface area contributed by atoms with Crippen LogP contribution in [0.2, 0.25) is 0 Å². The Morgan fingerprint density at radius 3 is 2.53 bits per heavy atom.